The fourth-order valence-corrected chi connectivity index (χ4v) is 2.00. The monoisotopic (exact) mass is 319 g/mol. The van der Waals surface area contributed by atoms with E-state index in [1.807, 2.05) is 0 Å². The van der Waals surface area contributed by atoms with Gasteiger partial charge in [-0.25, -0.2) is 8.78 Å². The van der Waals surface area contributed by atoms with Crippen molar-refractivity contribution in [3.63, 3.8) is 0 Å². The molecule has 0 aliphatic rings. The Labute approximate surface area is 133 Å². The number of carbonyl (C=O) groups excluding carboxylic acids is 1. The van der Waals surface area contributed by atoms with E-state index in [4.69, 9.17) is 10.4 Å². The maximum Gasteiger partial charge on any atom is 0.429 e. The summed E-state index contributed by atoms with van der Waals surface area (Å²) in [4.78, 5) is 12.0. The van der Waals surface area contributed by atoms with Crippen molar-refractivity contribution < 1.29 is 23.3 Å². The van der Waals surface area contributed by atoms with Crippen molar-refractivity contribution in [3.05, 3.63) is 60.2 Å². The number of carbonyl (C=O) groups is 1. The Balaban J connectivity index is 2.33. The van der Waals surface area contributed by atoms with Gasteiger partial charge in [0.05, 0.1) is 6.10 Å². The van der Waals surface area contributed by atoms with Crippen LogP contribution in [0.15, 0.2) is 48.5 Å². The molecule has 0 fully saturated rings. The van der Waals surface area contributed by atoms with E-state index in [-0.39, 0.29) is 0 Å². The molecular formula is C16H16BF2NO3. The maximum absolute atomic E-state index is 13.1. The van der Waals surface area contributed by atoms with Gasteiger partial charge in [-0.2, -0.15) is 0 Å². The van der Waals surface area contributed by atoms with Crippen LogP contribution in [-0.2, 0) is 9.45 Å². The molecule has 2 aromatic carbocycles. The van der Waals surface area contributed by atoms with Crippen LogP contribution in [0, 0.1) is 11.6 Å². The van der Waals surface area contributed by atoms with Gasteiger partial charge in [0, 0.05) is 0 Å². The molecule has 0 unspecified atom stereocenters. The van der Waals surface area contributed by atoms with E-state index in [1.165, 1.54) is 55.5 Å². The van der Waals surface area contributed by atoms with Crippen LogP contribution in [0.3, 0.4) is 0 Å². The van der Waals surface area contributed by atoms with E-state index >= 15 is 0 Å². The first kappa shape index (κ1) is 17.1. The Morgan fingerprint density at radius 3 is 1.78 bits per heavy atom. The average Bonchev–Trinajstić information content (AvgIpc) is 2.53. The van der Waals surface area contributed by atoms with E-state index in [0.29, 0.717) is 10.9 Å². The van der Waals surface area contributed by atoms with E-state index in [1.54, 1.807) is 0 Å². The zero-order chi connectivity index (χ0) is 17.0. The number of hydrogen-bond acceptors (Lipinski definition) is 4. The molecule has 2 atom stereocenters. The van der Waals surface area contributed by atoms with Crippen LogP contribution >= 0.6 is 0 Å². The highest BCUT2D eigenvalue weighted by Crippen LogP contribution is 2.02. The normalized spacial score (nSPS) is 13.3. The first-order chi connectivity index (χ1) is 10.9. The van der Waals surface area contributed by atoms with Gasteiger partial charge in [-0.05, 0) is 42.1 Å². The number of halogens is 2. The second-order valence-corrected chi connectivity index (χ2v) is 5.19. The quantitative estimate of drug-likeness (QED) is 0.779. The summed E-state index contributed by atoms with van der Waals surface area (Å²) in [7, 11) is 0. The van der Waals surface area contributed by atoms with E-state index in [2.05, 4.69) is 0 Å². The van der Waals surface area contributed by atoms with Crippen LogP contribution in [-0.4, -0.2) is 30.1 Å². The van der Waals surface area contributed by atoms with Crippen molar-refractivity contribution in [1.29, 1.82) is 0 Å². The van der Waals surface area contributed by atoms with Gasteiger partial charge in [0.15, 0.2) is 0 Å². The van der Waals surface area contributed by atoms with Crippen LogP contribution in [0.25, 0.3) is 0 Å². The van der Waals surface area contributed by atoms with Crippen LogP contribution in [0.4, 0.5) is 8.78 Å². The van der Waals surface area contributed by atoms with Crippen molar-refractivity contribution in [2.24, 2.45) is 5.73 Å². The molecule has 2 rings (SSSR count). The number of hydrogen-bond donors (Lipinski definition) is 2. The molecule has 0 spiro atoms. The molecule has 0 aliphatic carbocycles. The van der Waals surface area contributed by atoms with Gasteiger partial charge in [-0.15, -0.1) is 0 Å². The zero-order valence-electron chi connectivity index (χ0n) is 12.4. The lowest BCUT2D eigenvalue weighted by Crippen LogP contribution is -2.51. The standard InChI is InChI=1S/C16H16BF2NO3/c1-10(21)15(20)16(22)23-17(11-2-6-13(18)7-3-11)12-4-8-14(19)9-5-12/h2-10,15,21H,20H2,1H3/t10-,15+/m1/s1. The van der Waals surface area contributed by atoms with Crippen molar-refractivity contribution in [2.75, 3.05) is 0 Å². The number of benzene rings is 2. The predicted molar refractivity (Wildman–Crippen MR) is 83.6 cm³/mol. The minimum atomic E-state index is -1.21. The summed E-state index contributed by atoms with van der Waals surface area (Å²) in [6, 6.07) is 9.56. The molecule has 0 radical (unpaired) electrons. The van der Waals surface area contributed by atoms with Gasteiger partial charge in [0.2, 0.25) is 0 Å². The molecule has 4 nitrogen and oxygen atoms in total. The Morgan fingerprint density at radius 2 is 1.43 bits per heavy atom. The molecule has 0 heterocycles. The zero-order valence-corrected chi connectivity index (χ0v) is 12.4. The first-order valence-electron chi connectivity index (χ1n) is 7.03. The van der Waals surface area contributed by atoms with E-state index in [9.17, 15) is 18.7 Å². The number of aliphatic hydroxyl groups excluding tert-OH is 1. The van der Waals surface area contributed by atoms with Crippen molar-refractivity contribution in [1.82, 2.24) is 0 Å². The smallest absolute Gasteiger partial charge is 0.429 e. The molecule has 0 aromatic heterocycles. The lowest BCUT2D eigenvalue weighted by atomic mass is 9.55. The fraction of sp³-hybridized carbons (Fsp3) is 0.188. The lowest BCUT2D eigenvalue weighted by molar-refractivity contribution is -0.138. The van der Waals surface area contributed by atoms with Crippen LogP contribution in [0.1, 0.15) is 6.92 Å². The van der Waals surface area contributed by atoms with Gasteiger partial charge in [-0.3, -0.25) is 4.79 Å². The lowest BCUT2D eigenvalue weighted by Gasteiger charge is -2.19. The summed E-state index contributed by atoms with van der Waals surface area (Å²) >= 11 is 0. The second-order valence-electron chi connectivity index (χ2n) is 5.19. The SMILES string of the molecule is C[C@@H](O)[C@H](N)C(=O)OB(c1ccc(F)cc1)c1ccc(F)cc1. The summed E-state index contributed by atoms with van der Waals surface area (Å²) in [5.41, 5.74) is 6.58. The second kappa shape index (κ2) is 7.35. The minimum absolute atomic E-state index is 0.432. The molecule has 0 aliphatic heterocycles. The molecule has 23 heavy (non-hydrogen) atoms. The molecular weight excluding hydrogens is 303 g/mol. The fourth-order valence-electron chi connectivity index (χ4n) is 2.00. The van der Waals surface area contributed by atoms with Crippen molar-refractivity contribution in [3.8, 4) is 0 Å². The highest BCUT2D eigenvalue weighted by atomic mass is 19.1. The molecule has 120 valence electrons. The molecule has 2 aromatic rings. The Morgan fingerprint density at radius 1 is 1.04 bits per heavy atom. The third-order valence-electron chi connectivity index (χ3n) is 3.37. The largest absolute Gasteiger partial charge is 0.525 e. The first-order valence-corrected chi connectivity index (χ1v) is 7.03. The average molecular weight is 319 g/mol. The summed E-state index contributed by atoms with van der Waals surface area (Å²) in [6.45, 7) is 0.491. The number of nitrogens with two attached hydrogens (primary N) is 1. The highest BCUT2D eigenvalue weighted by molar-refractivity contribution is 6.81. The topological polar surface area (TPSA) is 72.5 Å². The van der Waals surface area contributed by atoms with Gasteiger partial charge >= 0.3 is 12.9 Å². The predicted octanol–water partition coefficient (Wildman–Crippen LogP) is 0.322. The van der Waals surface area contributed by atoms with Crippen molar-refractivity contribution in [2.45, 2.75) is 19.1 Å². The van der Waals surface area contributed by atoms with Gasteiger partial charge in [0.1, 0.15) is 17.7 Å². The van der Waals surface area contributed by atoms with Crippen LogP contribution in [0.2, 0.25) is 0 Å². The van der Waals surface area contributed by atoms with E-state index in [0.717, 1.165) is 0 Å². The van der Waals surface area contributed by atoms with Gasteiger partial charge in [0.25, 0.3) is 0 Å². The summed E-state index contributed by atoms with van der Waals surface area (Å²) in [6.07, 6.45) is -1.08. The summed E-state index contributed by atoms with van der Waals surface area (Å²) < 4.78 is 31.5. The molecule has 0 amide bonds. The van der Waals surface area contributed by atoms with Crippen LogP contribution < -0.4 is 16.7 Å². The van der Waals surface area contributed by atoms with Crippen molar-refractivity contribution >= 4 is 23.8 Å². The third-order valence-corrected chi connectivity index (χ3v) is 3.37. The van der Waals surface area contributed by atoms with E-state index < -0.39 is 36.7 Å². The number of aliphatic hydroxyl groups is 1. The Kier molecular flexibility index (Phi) is 5.47. The molecule has 0 saturated carbocycles. The highest BCUT2D eigenvalue weighted by Gasteiger charge is 2.30. The van der Waals surface area contributed by atoms with Crippen LogP contribution in [0.5, 0.6) is 0 Å². The summed E-state index contributed by atoms with van der Waals surface area (Å²) in [5.74, 6) is -1.67. The Bertz CT molecular complexity index is 617. The molecule has 7 heteroatoms. The maximum atomic E-state index is 13.1. The molecule has 0 saturated heterocycles. The van der Waals surface area contributed by atoms with Gasteiger partial charge < -0.3 is 15.5 Å². The molecule has 3 N–H and O–H groups in total. The number of rotatable bonds is 5. The third kappa shape index (κ3) is 4.37. The summed E-state index contributed by atoms with van der Waals surface area (Å²) in [5, 5.41) is 9.39. The van der Waals surface area contributed by atoms with Gasteiger partial charge in [-0.1, -0.05) is 24.3 Å². The molecule has 0 bridgehead atoms. The minimum Gasteiger partial charge on any atom is -0.525 e. The Hall–Kier alpha value is -2.25.